The monoisotopic (exact) mass is 192 g/mol. The van der Waals surface area contributed by atoms with Crippen LogP contribution in [0.1, 0.15) is 25.7 Å². The van der Waals surface area contributed by atoms with Gasteiger partial charge < -0.3 is 0 Å². The molecule has 0 spiro atoms. The van der Waals surface area contributed by atoms with Crippen molar-refractivity contribution in [2.24, 2.45) is 21.8 Å². The number of isocyanates is 2. The van der Waals surface area contributed by atoms with Crippen LogP contribution in [0.4, 0.5) is 0 Å². The highest BCUT2D eigenvalue weighted by Crippen LogP contribution is 2.46. The molecule has 0 aromatic carbocycles. The van der Waals surface area contributed by atoms with E-state index in [-0.39, 0.29) is 12.1 Å². The van der Waals surface area contributed by atoms with Crippen molar-refractivity contribution in [2.45, 2.75) is 37.8 Å². The molecule has 14 heavy (non-hydrogen) atoms. The molecule has 74 valence electrons. The van der Waals surface area contributed by atoms with Gasteiger partial charge in [0.05, 0.1) is 12.1 Å². The van der Waals surface area contributed by atoms with Crippen LogP contribution >= 0.6 is 0 Å². The Bertz CT molecular complexity index is 286. The number of nitrogens with zero attached hydrogens (tertiary/aromatic N) is 2. The summed E-state index contributed by atoms with van der Waals surface area (Å²) in [7, 11) is 0. The molecule has 2 aliphatic carbocycles. The van der Waals surface area contributed by atoms with E-state index in [1.807, 2.05) is 0 Å². The fraction of sp³-hybridized carbons (Fsp3) is 0.800. The highest BCUT2D eigenvalue weighted by atomic mass is 16.1. The average molecular weight is 192 g/mol. The van der Waals surface area contributed by atoms with Crippen molar-refractivity contribution >= 4 is 12.2 Å². The Balaban J connectivity index is 2.18. The SMILES string of the molecule is O=C=NC1CC(N=C=O)C2CCCC12. The summed E-state index contributed by atoms with van der Waals surface area (Å²) in [5, 5.41) is 0. The fourth-order valence-electron chi connectivity index (χ4n) is 3.00. The molecule has 0 aliphatic heterocycles. The van der Waals surface area contributed by atoms with Crippen molar-refractivity contribution in [1.82, 2.24) is 0 Å². The predicted molar refractivity (Wildman–Crippen MR) is 49.3 cm³/mol. The number of fused-ring (bicyclic) bond motifs is 1. The van der Waals surface area contributed by atoms with Gasteiger partial charge in [0, 0.05) is 0 Å². The molecule has 4 nitrogen and oxygen atoms in total. The molecule has 4 heteroatoms. The molecule has 0 saturated heterocycles. The van der Waals surface area contributed by atoms with Crippen molar-refractivity contribution in [1.29, 1.82) is 0 Å². The Morgan fingerprint density at radius 1 is 0.929 bits per heavy atom. The average Bonchev–Trinajstić information content (AvgIpc) is 2.72. The molecule has 2 aliphatic rings. The first-order valence-corrected chi connectivity index (χ1v) is 5.00. The zero-order valence-corrected chi connectivity index (χ0v) is 7.85. The van der Waals surface area contributed by atoms with Gasteiger partial charge in [0.2, 0.25) is 12.2 Å². The molecule has 0 radical (unpaired) electrons. The van der Waals surface area contributed by atoms with Gasteiger partial charge in [-0.1, -0.05) is 6.42 Å². The lowest BCUT2D eigenvalue weighted by Crippen LogP contribution is -2.14. The summed E-state index contributed by atoms with van der Waals surface area (Å²) < 4.78 is 0. The normalized spacial score (nSPS) is 39.7. The maximum atomic E-state index is 10.2. The lowest BCUT2D eigenvalue weighted by atomic mass is 9.96. The number of rotatable bonds is 2. The van der Waals surface area contributed by atoms with Crippen LogP contribution in [-0.4, -0.2) is 24.2 Å². The molecule has 2 rings (SSSR count). The van der Waals surface area contributed by atoms with Gasteiger partial charge in [-0.05, 0) is 31.1 Å². The van der Waals surface area contributed by atoms with Gasteiger partial charge in [-0.3, -0.25) is 0 Å². The van der Waals surface area contributed by atoms with Crippen molar-refractivity contribution in [2.75, 3.05) is 0 Å². The summed E-state index contributed by atoms with van der Waals surface area (Å²) in [5.41, 5.74) is 0. The van der Waals surface area contributed by atoms with E-state index in [9.17, 15) is 9.59 Å². The number of hydrogen-bond acceptors (Lipinski definition) is 4. The fourth-order valence-corrected chi connectivity index (χ4v) is 3.00. The highest BCUT2D eigenvalue weighted by Gasteiger charge is 2.45. The number of carbonyl (C=O) groups excluding carboxylic acids is 2. The second kappa shape index (κ2) is 3.87. The molecule has 0 heterocycles. The maximum Gasteiger partial charge on any atom is 0.235 e. The Kier molecular flexibility index (Phi) is 2.58. The first-order chi connectivity index (χ1) is 6.86. The zero-order chi connectivity index (χ0) is 9.97. The van der Waals surface area contributed by atoms with Crippen molar-refractivity contribution in [3.63, 3.8) is 0 Å². The Morgan fingerprint density at radius 3 is 1.86 bits per heavy atom. The lowest BCUT2D eigenvalue weighted by molar-refractivity contribution is 0.401. The Labute approximate surface area is 82.1 Å². The van der Waals surface area contributed by atoms with Gasteiger partial charge in [-0.25, -0.2) is 19.6 Å². The van der Waals surface area contributed by atoms with Crippen molar-refractivity contribution in [3.8, 4) is 0 Å². The van der Waals surface area contributed by atoms with Crippen LogP contribution in [-0.2, 0) is 9.59 Å². The molecule has 4 atom stereocenters. The van der Waals surface area contributed by atoms with E-state index in [0.717, 1.165) is 25.7 Å². The number of aliphatic imine (C=N–C) groups is 2. The van der Waals surface area contributed by atoms with Gasteiger partial charge in [-0.15, -0.1) is 0 Å². The second-order valence-electron chi connectivity index (χ2n) is 4.07. The van der Waals surface area contributed by atoms with Crippen LogP contribution in [0.15, 0.2) is 9.98 Å². The predicted octanol–water partition coefficient (Wildman–Crippen LogP) is 1.22. The van der Waals surface area contributed by atoms with Gasteiger partial charge in [0.25, 0.3) is 0 Å². The zero-order valence-electron chi connectivity index (χ0n) is 7.85. The van der Waals surface area contributed by atoms with E-state index in [1.165, 1.54) is 0 Å². The third-order valence-corrected chi connectivity index (χ3v) is 3.53. The minimum atomic E-state index is 0.0436. The van der Waals surface area contributed by atoms with E-state index in [0.29, 0.717) is 11.8 Å². The van der Waals surface area contributed by atoms with Gasteiger partial charge in [-0.2, -0.15) is 0 Å². The molecular weight excluding hydrogens is 180 g/mol. The van der Waals surface area contributed by atoms with E-state index in [1.54, 1.807) is 12.2 Å². The van der Waals surface area contributed by atoms with Gasteiger partial charge in [0.1, 0.15) is 0 Å². The minimum Gasteiger partial charge on any atom is -0.211 e. The summed E-state index contributed by atoms with van der Waals surface area (Å²) in [4.78, 5) is 28.0. The van der Waals surface area contributed by atoms with Gasteiger partial charge >= 0.3 is 0 Å². The van der Waals surface area contributed by atoms with E-state index < -0.39 is 0 Å². The van der Waals surface area contributed by atoms with Crippen molar-refractivity contribution < 1.29 is 9.59 Å². The third-order valence-electron chi connectivity index (χ3n) is 3.53. The summed E-state index contributed by atoms with van der Waals surface area (Å²) in [5.74, 6) is 0.886. The minimum absolute atomic E-state index is 0.0436. The molecule has 0 aromatic heterocycles. The lowest BCUT2D eigenvalue weighted by Gasteiger charge is -2.12. The van der Waals surface area contributed by atoms with E-state index in [2.05, 4.69) is 9.98 Å². The van der Waals surface area contributed by atoms with Crippen molar-refractivity contribution in [3.05, 3.63) is 0 Å². The topological polar surface area (TPSA) is 58.9 Å². The maximum absolute atomic E-state index is 10.2. The van der Waals surface area contributed by atoms with E-state index >= 15 is 0 Å². The molecular formula is C10H12N2O2. The summed E-state index contributed by atoms with van der Waals surface area (Å²) in [6.07, 6.45) is 7.32. The molecule has 2 fully saturated rings. The van der Waals surface area contributed by atoms with Crippen LogP contribution < -0.4 is 0 Å². The van der Waals surface area contributed by atoms with E-state index in [4.69, 9.17) is 0 Å². The largest absolute Gasteiger partial charge is 0.235 e. The van der Waals surface area contributed by atoms with Crippen LogP contribution in [0.2, 0.25) is 0 Å². The molecule has 4 unspecified atom stereocenters. The van der Waals surface area contributed by atoms with Crippen LogP contribution in [0.3, 0.4) is 0 Å². The number of hydrogen-bond donors (Lipinski definition) is 0. The van der Waals surface area contributed by atoms with Crippen LogP contribution in [0, 0.1) is 11.8 Å². The van der Waals surface area contributed by atoms with Gasteiger partial charge in [0.15, 0.2) is 0 Å². The molecule has 0 N–H and O–H groups in total. The molecule has 0 amide bonds. The quantitative estimate of drug-likeness (QED) is 0.487. The highest BCUT2D eigenvalue weighted by molar-refractivity contribution is 5.36. The molecule has 2 saturated carbocycles. The van der Waals surface area contributed by atoms with Crippen LogP contribution in [0.25, 0.3) is 0 Å². The smallest absolute Gasteiger partial charge is 0.211 e. The summed E-state index contributed by atoms with van der Waals surface area (Å²) >= 11 is 0. The molecule has 0 bridgehead atoms. The summed E-state index contributed by atoms with van der Waals surface area (Å²) in [6, 6.07) is 0.0872. The Morgan fingerprint density at radius 2 is 1.43 bits per heavy atom. The summed E-state index contributed by atoms with van der Waals surface area (Å²) in [6.45, 7) is 0. The standard InChI is InChI=1S/C10H12N2O2/c13-5-11-9-4-10(12-6-14)8-3-1-2-7(8)9/h7-10H,1-4H2. The Hall–Kier alpha value is -1.24. The second-order valence-corrected chi connectivity index (χ2v) is 4.07. The van der Waals surface area contributed by atoms with Crippen LogP contribution in [0.5, 0.6) is 0 Å². The third kappa shape index (κ3) is 1.43. The first-order valence-electron chi connectivity index (χ1n) is 5.00. The first kappa shape index (κ1) is 9.32. The molecule has 0 aromatic rings.